The number of amides is 1. The lowest BCUT2D eigenvalue weighted by molar-refractivity contribution is -0.129. The van der Waals surface area contributed by atoms with Crippen molar-refractivity contribution in [2.75, 3.05) is 0 Å². The molecule has 0 bridgehead atoms. The number of aryl methyl sites for hydroxylation is 1. The van der Waals surface area contributed by atoms with Gasteiger partial charge in [-0.1, -0.05) is 49.6 Å². The summed E-state index contributed by atoms with van der Waals surface area (Å²) in [7, 11) is 0. The van der Waals surface area contributed by atoms with Crippen LogP contribution in [-0.2, 0) is 11.2 Å². The van der Waals surface area contributed by atoms with Crippen molar-refractivity contribution in [3.05, 3.63) is 35.9 Å². The van der Waals surface area contributed by atoms with Crippen LogP contribution in [0.2, 0.25) is 0 Å². The largest absolute Gasteiger partial charge is 0.393 e. The van der Waals surface area contributed by atoms with Crippen molar-refractivity contribution in [3.63, 3.8) is 0 Å². The van der Waals surface area contributed by atoms with Gasteiger partial charge in [0.25, 0.3) is 0 Å². The van der Waals surface area contributed by atoms with E-state index in [1.54, 1.807) is 5.48 Å². The zero-order valence-electron chi connectivity index (χ0n) is 17.2. The minimum atomic E-state index is -0.496. The first kappa shape index (κ1) is 23.8. The predicted molar refractivity (Wildman–Crippen MR) is 111 cm³/mol. The summed E-state index contributed by atoms with van der Waals surface area (Å²) in [5.41, 5.74) is 2.86. The Morgan fingerprint density at radius 1 is 0.966 bits per heavy atom. The van der Waals surface area contributed by atoms with Crippen LogP contribution in [0.25, 0.3) is 0 Å². The molecule has 0 spiro atoms. The van der Waals surface area contributed by atoms with Gasteiger partial charge in [-0.15, -0.1) is 0 Å². The molecule has 0 aliphatic heterocycles. The van der Waals surface area contributed by atoms with Crippen LogP contribution in [0.15, 0.2) is 30.3 Å². The molecular formula is C23H37NO5. The maximum absolute atomic E-state index is 11.0. The van der Waals surface area contributed by atoms with Gasteiger partial charge in [0, 0.05) is 6.42 Å². The maximum atomic E-state index is 11.0. The van der Waals surface area contributed by atoms with Crippen LogP contribution in [0.3, 0.4) is 0 Å². The van der Waals surface area contributed by atoms with Gasteiger partial charge in [0.1, 0.15) is 0 Å². The molecule has 1 aliphatic rings. The Labute approximate surface area is 173 Å². The highest BCUT2D eigenvalue weighted by Gasteiger charge is 2.40. The molecule has 0 radical (unpaired) electrons. The Morgan fingerprint density at radius 2 is 1.62 bits per heavy atom. The lowest BCUT2D eigenvalue weighted by Crippen LogP contribution is -2.24. The zero-order valence-corrected chi connectivity index (χ0v) is 17.2. The summed E-state index contributed by atoms with van der Waals surface area (Å²) in [6, 6.07) is 10.1. The molecule has 2 rings (SSSR count). The normalized spacial score (nSPS) is 25.1. The van der Waals surface area contributed by atoms with E-state index in [1.165, 1.54) is 5.56 Å². The summed E-state index contributed by atoms with van der Waals surface area (Å²) < 4.78 is 0. The van der Waals surface area contributed by atoms with E-state index < -0.39 is 18.3 Å². The molecule has 6 nitrogen and oxygen atoms in total. The highest BCUT2D eigenvalue weighted by Crippen LogP contribution is 2.39. The number of hydroxylamine groups is 1. The van der Waals surface area contributed by atoms with Gasteiger partial charge in [-0.2, -0.15) is 0 Å². The van der Waals surface area contributed by atoms with Crippen molar-refractivity contribution in [1.82, 2.24) is 5.48 Å². The van der Waals surface area contributed by atoms with Crippen LogP contribution in [0.1, 0.15) is 69.8 Å². The van der Waals surface area contributed by atoms with E-state index in [-0.39, 0.29) is 17.7 Å². The molecule has 1 fully saturated rings. The van der Waals surface area contributed by atoms with Crippen LogP contribution in [0, 0.1) is 11.8 Å². The molecule has 1 aromatic rings. The van der Waals surface area contributed by atoms with Gasteiger partial charge < -0.3 is 15.3 Å². The second-order valence-electron chi connectivity index (χ2n) is 8.44. The van der Waals surface area contributed by atoms with E-state index in [2.05, 4.69) is 12.1 Å². The Hall–Kier alpha value is -1.47. The van der Waals surface area contributed by atoms with Gasteiger partial charge in [0.05, 0.1) is 18.3 Å². The van der Waals surface area contributed by atoms with Gasteiger partial charge >= 0.3 is 0 Å². The summed E-state index contributed by atoms with van der Waals surface area (Å²) in [5, 5.41) is 39.6. The lowest BCUT2D eigenvalue weighted by Gasteiger charge is -2.24. The van der Waals surface area contributed by atoms with Gasteiger partial charge in [-0.3, -0.25) is 10.0 Å². The monoisotopic (exact) mass is 407 g/mol. The van der Waals surface area contributed by atoms with E-state index in [0.717, 1.165) is 44.9 Å². The van der Waals surface area contributed by atoms with Crippen LogP contribution in [-0.4, -0.2) is 44.7 Å². The summed E-state index contributed by atoms with van der Waals surface area (Å²) in [4.78, 5) is 11.0. The highest BCUT2D eigenvalue weighted by atomic mass is 16.5. The van der Waals surface area contributed by atoms with E-state index in [0.29, 0.717) is 25.7 Å². The fraction of sp³-hybridized carbons (Fsp3) is 0.696. The number of benzene rings is 1. The molecule has 1 amide bonds. The van der Waals surface area contributed by atoms with E-state index in [9.17, 15) is 20.1 Å². The second-order valence-corrected chi connectivity index (χ2v) is 8.44. The van der Waals surface area contributed by atoms with Crippen molar-refractivity contribution >= 4 is 5.91 Å². The SMILES string of the molecule is O=C(CCCCCC[C@@H]1[C@@H](CCC(O)CCc2ccccc2)[C@H](O)C[C@@H]1O)NO. The molecule has 6 heteroatoms. The highest BCUT2D eigenvalue weighted by molar-refractivity contribution is 5.74. The number of nitrogens with one attached hydrogen (secondary N) is 1. The Kier molecular flexibility index (Phi) is 10.6. The summed E-state index contributed by atoms with van der Waals surface area (Å²) in [5.74, 6) is -0.242. The fourth-order valence-electron chi connectivity index (χ4n) is 4.56. The Bertz CT molecular complexity index is 582. The summed E-state index contributed by atoms with van der Waals surface area (Å²) in [6.45, 7) is 0. The number of aliphatic hydroxyl groups is 3. The quantitative estimate of drug-likeness (QED) is 0.196. The first-order valence-corrected chi connectivity index (χ1v) is 11.0. The lowest BCUT2D eigenvalue weighted by atomic mass is 9.84. The number of carbonyl (C=O) groups excluding carboxylic acids is 1. The van der Waals surface area contributed by atoms with Gasteiger partial charge in [0.15, 0.2) is 0 Å². The Balaban J connectivity index is 1.67. The second kappa shape index (κ2) is 13.0. The first-order valence-electron chi connectivity index (χ1n) is 11.0. The topological polar surface area (TPSA) is 110 Å². The maximum Gasteiger partial charge on any atom is 0.243 e. The molecule has 0 aromatic heterocycles. The standard InChI is InChI=1S/C23H37NO5/c25-18(13-12-17-8-4-3-5-9-17)14-15-20-19(21(26)16-22(20)27)10-6-1-2-7-11-23(28)24-29/h3-5,8-9,18-22,25-27,29H,1-2,6-7,10-16H2,(H,24,28)/t18?,19-,20-,21+,22-/m1/s1. The number of unbranched alkanes of at least 4 members (excludes halogenated alkanes) is 3. The summed E-state index contributed by atoms with van der Waals surface area (Å²) >= 11 is 0. The molecule has 1 aromatic carbocycles. The smallest absolute Gasteiger partial charge is 0.243 e. The number of hydrogen-bond donors (Lipinski definition) is 5. The van der Waals surface area contributed by atoms with E-state index in [4.69, 9.17) is 5.21 Å². The van der Waals surface area contributed by atoms with Gasteiger partial charge in [0.2, 0.25) is 5.91 Å². The molecule has 1 unspecified atom stereocenters. The molecule has 1 saturated carbocycles. The van der Waals surface area contributed by atoms with E-state index in [1.807, 2.05) is 18.2 Å². The molecule has 164 valence electrons. The minimum Gasteiger partial charge on any atom is -0.393 e. The molecule has 0 saturated heterocycles. The molecular weight excluding hydrogens is 370 g/mol. The van der Waals surface area contributed by atoms with Crippen LogP contribution in [0.5, 0.6) is 0 Å². The molecule has 5 N–H and O–H groups in total. The number of rotatable bonds is 13. The fourth-order valence-corrected chi connectivity index (χ4v) is 4.56. The third-order valence-electron chi connectivity index (χ3n) is 6.28. The Morgan fingerprint density at radius 3 is 2.31 bits per heavy atom. The predicted octanol–water partition coefficient (Wildman–Crippen LogP) is 2.96. The minimum absolute atomic E-state index is 0.0385. The van der Waals surface area contributed by atoms with Crippen molar-refractivity contribution in [2.24, 2.45) is 11.8 Å². The molecule has 5 atom stereocenters. The average Bonchev–Trinajstić information content (AvgIpc) is 3.00. The van der Waals surface area contributed by atoms with Crippen molar-refractivity contribution in [2.45, 2.75) is 88.9 Å². The van der Waals surface area contributed by atoms with Crippen LogP contribution in [0.4, 0.5) is 0 Å². The molecule has 29 heavy (non-hydrogen) atoms. The molecule has 0 heterocycles. The van der Waals surface area contributed by atoms with Crippen molar-refractivity contribution in [3.8, 4) is 0 Å². The van der Waals surface area contributed by atoms with Crippen LogP contribution >= 0.6 is 0 Å². The third kappa shape index (κ3) is 8.42. The van der Waals surface area contributed by atoms with E-state index >= 15 is 0 Å². The molecule has 1 aliphatic carbocycles. The van der Waals surface area contributed by atoms with Crippen molar-refractivity contribution in [1.29, 1.82) is 0 Å². The van der Waals surface area contributed by atoms with Gasteiger partial charge in [-0.05, 0) is 62.3 Å². The zero-order chi connectivity index (χ0) is 21.1. The number of hydrogen-bond acceptors (Lipinski definition) is 5. The summed E-state index contributed by atoms with van der Waals surface area (Å²) in [6.07, 6.45) is 6.72. The third-order valence-corrected chi connectivity index (χ3v) is 6.28. The first-order chi connectivity index (χ1) is 14.0. The number of aliphatic hydroxyl groups excluding tert-OH is 3. The van der Waals surface area contributed by atoms with Crippen molar-refractivity contribution < 1.29 is 25.3 Å². The average molecular weight is 408 g/mol. The van der Waals surface area contributed by atoms with Gasteiger partial charge in [-0.25, -0.2) is 5.48 Å². The number of carbonyl (C=O) groups is 1. The van der Waals surface area contributed by atoms with Crippen LogP contribution < -0.4 is 5.48 Å².